The molecule has 0 saturated carbocycles. The van der Waals surface area contributed by atoms with E-state index in [1.807, 2.05) is 0 Å². The molecule has 0 aromatic rings. The molecule has 0 aromatic heterocycles. The van der Waals surface area contributed by atoms with Crippen molar-refractivity contribution in [2.24, 2.45) is 11.5 Å². The van der Waals surface area contributed by atoms with Crippen LogP contribution in [-0.4, -0.2) is 57.7 Å². The van der Waals surface area contributed by atoms with Crippen molar-refractivity contribution < 1.29 is 30.0 Å². The normalized spacial score (nSPS) is 14.0. The highest BCUT2D eigenvalue weighted by molar-refractivity contribution is 5.87. The maximum Gasteiger partial charge on any atom is 0.241 e. The molecule has 0 aliphatic heterocycles. The van der Waals surface area contributed by atoms with E-state index in [1.165, 1.54) is 0 Å². The van der Waals surface area contributed by atoms with Crippen molar-refractivity contribution in [1.29, 1.82) is 0 Å². The summed E-state index contributed by atoms with van der Waals surface area (Å²) < 4.78 is 0. The highest BCUT2D eigenvalue weighted by Gasteiger charge is 2.18. The van der Waals surface area contributed by atoms with Crippen LogP contribution in [0.4, 0.5) is 0 Å². The summed E-state index contributed by atoms with van der Waals surface area (Å²) in [7, 11) is 0. The van der Waals surface area contributed by atoms with Crippen molar-refractivity contribution >= 4 is 11.8 Å². The number of hydrogen-bond donors (Lipinski definition) is 6. The Labute approximate surface area is 104 Å². The first-order valence-corrected chi connectivity index (χ1v) is 4.83. The van der Waals surface area contributed by atoms with Gasteiger partial charge < -0.3 is 31.9 Å². The number of aliphatic hydroxyl groups excluding tert-OH is 3. The number of carbonyl (C=O) groups excluding carboxylic acids is 2. The second-order valence-corrected chi connectivity index (χ2v) is 3.07. The molecule has 0 radical (unpaired) electrons. The second kappa shape index (κ2) is 10.4. The van der Waals surface area contributed by atoms with Crippen LogP contribution < -0.4 is 11.5 Å². The first kappa shape index (κ1) is 18.6. The molecule has 8 N–H and O–H groups in total. The van der Waals surface area contributed by atoms with Crippen LogP contribution in [0.3, 0.4) is 0 Å². The van der Waals surface area contributed by atoms with E-state index in [9.17, 15) is 14.7 Å². The molecule has 0 atom stereocenters. The summed E-state index contributed by atoms with van der Waals surface area (Å²) in [6, 6.07) is 0. The van der Waals surface area contributed by atoms with Crippen molar-refractivity contribution in [2.45, 2.75) is 5.60 Å². The van der Waals surface area contributed by atoms with Gasteiger partial charge in [-0.3, -0.25) is 9.59 Å². The molecular weight excluding hydrogens is 244 g/mol. The minimum atomic E-state index is -1.80. The van der Waals surface area contributed by atoms with Crippen LogP contribution in [0.5, 0.6) is 0 Å². The van der Waals surface area contributed by atoms with Crippen molar-refractivity contribution in [2.75, 3.05) is 19.8 Å². The topological polar surface area (TPSA) is 167 Å². The van der Waals surface area contributed by atoms with Crippen LogP contribution in [-0.2, 0) is 9.59 Å². The fraction of sp³-hybridized carbons (Fsp3) is 0.400. The molecule has 0 saturated heterocycles. The Hall–Kier alpha value is -1.74. The molecule has 0 bridgehead atoms. The third-order valence-electron chi connectivity index (χ3n) is 1.43. The van der Waals surface area contributed by atoms with Gasteiger partial charge in [-0.25, -0.2) is 0 Å². The van der Waals surface area contributed by atoms with Crippen molar-refractivity contribution in [3.8, 4) is 0 Å². The molecule has 0 aliphatic carbocycles. The summed E-state index contributed by atoms with van der Waals surface area (Å²) in [6.45, 7) is -0.944. The zero-order chi connectivity index (χ0) is 14.6. The molecule has 0 aliphatic rings. The Morgan fingerprint density at radius 1 is 0.944 bits per heavy atom. The van der Waals surface area contributed by atoms with Crippen LogP contribution in [0.2, 0.25) is 0 Å². The van der Waals surface area contributed by atoms with Gasteiger partial charge in [-0.05, 0) is 12.2 Å². The van der Waals surface area contributed by atoms with E-state index in [1.54, 1.807) is 0 Å². The Morgan fingerprint density at radius 3 is 1.44 bits per heavy atom. The number of amides is 2. The molecule has 0 heterocycles. The van der Waals surface area contributed by atoms with Crippen LogP contribution in [0.1, 0.15) is 0 Å². The lowest BCUT2D eigenvalue weighted by molar-refractivity contribution is -0.114. The standard InChI is InChI=1S/C8H12N2O4.C2H6O2/c9-6(12)1-3-8(14,5-11)4-2-7(10)13;3-1-2-4/h1-4,11,14H,5H2,(H2,9,12)(H2,10,13);3-4H,1-2H2. The van der Waals surface area contributed by atoms with Gasteiger partial charge in [-0.1, -0.05) is 0 Å². The minimum Gasteiger partial charge on any atom is -0.394 e. The summed E-state index contributed by atoms with van der Waals surface area (Å²) in [5.41, 5.74) is 7.75. The van der Waals surface area contributed by atoms with Gasteiger partial charge in [0.25, 0.3) is 0 Å². The molecule has 8 nitrogen and oxygen atoms in total. The van der Waals surface area contributed by atoms with Crippen LogP contribution in [0, 0.1) is 0 Å². The SMILES string of the molecule is NC(=O)C=CC(O)(C=CC(N)=O)CO.OCCO. The monoisotopic (exact) mass is 262 g/mol. The van der Waals surface area contributed by atoms with E-state index in [0.29, 0.717) is 0 Å². The average molecular weight is 262 g/mol. The van der Waals surface area contributed by atoms with Gasteiger partial charge in [0.2, 0.25) is 11.8 Å². The fourth-order valence-electron chi connectivity index (χ4n) is 0.614. The minimum absolute atomic E-state index is 0.125. The summed E-state index contributed by atoms with van der Waals surface area (Å²) in [5.74, 6) is -1.55. The van der Waals surface area contributed by atoms with Gasteiger partial charge in [-0.2, -0.15) is 0 Å². The van der Waals surface area contributed by atoms with E-state index in [0.717, 1.165) is 24.3 Å². The number of rotatable bonds is 6. The molecule has 0 fully saturated rings. The highest BCUT2D eigenvalue weighted by atomic mass is 16.3. The molecule has 18 heavy (non-hydrogen) atoms. The maximum absolute atomic E-state index is 10.3. The summed E-state index contributed by atoms with van der Waals surface area (Å²) in [6.07, 6.45) is 3.69. The lowest BCUT2D eigenvalue weighted by atomic mass is 10.0. The molecule has 0 rings (SSSR count). The zero-order valence-electron chi connectivity index (χ0n) is 9.69. The summed E-state index contributed by atoms with van der Waals surface area (Å²) in [5, 5.41) is 33.5. The largest absolute Gasteiger partial charge is 0.394 e. The first-order valence-electron chi connectivity index (χ1n) is 4.83. The Morgan fingerprint density at radius 2 is 1.28 bits per heavy atom. The van der Waals surface area contributed by atoms with E-state index in [4.69, 9.17) is 26.8 Å². The van der Waals surface area contributed by atoms with Gasteiger partial charge >= 0.3 is 0 Å². The number of aliphatic hydroxyl groups is 4. The van der Waals surface area contributed by atoms with Crippen molar-refractivity contribution in [3.05, 3.63) is 24.3 Å². The third kappa shape index (κ3) is 12.3. The second-order valence-electron chi connectivity index (χ2n) is 3.07. The van der Waals surface area contributed by atoms with Crippen LogP contribution >= 0.6 is 0 Å². The number of primary amides is 2. The molecule has 0 aromatic carbocycles. The quantitative estimate of drug-likeness (QED) is 0.275. The van der Waals surface area contributed by atoms with Gasteiger partial charge in [0, 0.05) is 12.2 Å². The van der Waals surface area contributed by atoms with Gasteiger partial charge in [-0.15, -0.1) is 0 Å². The number of nitrogens with two attached hydrogens (primary N) is 2. The number of hydrogen-bond acceptors (Lipinski definition) is 6. The maximum atomic E-state index is 10.3. The number of carbonyl (C=O) groups is 2. The first-order chi connectivity index (χ1) is 8.31. The molecule has 2 amide bonds. The van der Waals surface area contributed by atoms with Gasteiger partial charge in [0.15, 0.2) is 0 Å². The Balaban J connectivity index is 0. The Bertz CT molecular complexity index is 287. The van der Waals surface area contributed by atoms with Crippen molar-refractivity contribution in [3.63, 3.8) is 0 Å². The predicted octanol–water partition coefficient (Wildman–Crippen LogP) is -3.24. The van der Waals surface area contributed by atoms with E-state index >= 15 is 0 Å². The lowest BCUT2D eigenvalue weighted by Crippen LogP contribution is -2.29. The Kier molecular flexibility index (Phi) is 10.8. The zero-order valence-corrected chi connectivity index (χ0v) is 9.69. The van der Waals surface area contributed by atoms with E-state index in [-0.39, 0.29) is 13.2 Å². The highest BCUT2D eigenvalue weighted by Crippen LogP contribution is 2.07. The van der Waals surface area contributed by atoms with E-state index in [2.05, 4.69) is 0 Å². The molecular formula is C10H18N2O6. The average Bonchev–Trinajstić information content (AvgIpc) is 2.34. The molecule has 0 spiro atoms. The van der Waals surface area contributed by atoms with Crippen LogP contribution in [0.15, 0.2) is 24.3 Å². The smallest absolute Gasteiger partial charge is 0.241 e. The van der Waals surface area contributed by atoms with Crippen LogP contribution in [0.25, 0.3) is 0 Å². The molecule has 104 valence electrons. The van der Waals surface area contributed by atoms with Gasteiger partial charge in [0.05, 0.1) is 19.8 Å². The lowest BCUT2D eigenvalue weighted by Gasteiger charge is -2.16. The predicted molar refractivity (Wildman–Crippen MR) is 62.9 cm³/mol. The van der Waals surface area contributed by atoms with E-state index < -0.39 is 24.0 Å². The molecule has 0 unspecified atom stereocenters. The van der Waals surface area contributed by atoms with Gasteiger partial charge in [0.1, 0.15) is 5.60 Å². The summed E-state index contributed by atoms with van der Waals surface area (Å²) >= 11 is 0. The third-order valence-corrected chi connectivity index (χ3v) is 1.43. The fourth-order valence-corrected chi connectivity index (χ4v) is 0.614. The molecule has 8 heteroatoms. The summed E-state index contributed by atoms with van der Waals surface area (Å²) in [4.78, 5) is 20.7. The van der Waals surface area contributed by atoms with Crippen molar-refractivity contribution in [1.82, 2.24) is 0 Å².